The van der Waals surface area contributed by atoms with Crippen LogP contribution < -0.4 is 5.32 Å². The molecule has 1 atom stereocenters. The second-order valence-electron chi connectivity index (χ2n) is 6.71. The Hall–Kier alpha value is -1.69. The van der Waals surface area contributed by atoms with Crippen molar-refractivity contribution >= 4 is 46.8 Å². The standard InChI is InChI=1S/C21H22Cl2N2O2S/c1-28-11-9-19(24-20(26)17-7-6-16(22)12-18(17)23)21(27)25-10-8-14-4-2-3-5-15(14)13-25/h2-7,12,19H,8-11,13H2,1H3,(H,24,26)/t19-/m0/s1. The summed E-state index contributed by atoms with van der Waals surface area (Å²) in [6.45, 7) is 1.23. The smallest absolute Gasteiger partial charge is 0.253 e. The van der Waals surface area contributed by atoms with Gasteiger partial charge in [0.1, 0.15) is 6.04 Å². The van der Waals surface area contributed by atoms with Crippen LogP contribution in [0.4, 0.5) is 0 Å². The first kappa shape index (κ1) is 21.0. The van der Waals surface area contributed by atoms with Crippen molar-refractivity contribution in [3.63, 3.8) is 0 Å². The lowest BCUT2D eigenvalue weighted by molar-refractivity contribution is -0.134. The van der Waals surface area contributed by atoms with E-state index in [0.717, 1.165) is 17.7 Å². The van der Waals surface area contributed by atoms with Crippen molar-refractivity contribution in [3.8, 4) is 0 Å². The number of hydrogen-bond donors (Lipinski definition) is 1. The SMILES string of the molecule is CSCC[C@H](NC(=O)c1ccc(Cl)cc1Cl)C(=O)N1CCc2ccccc2C1. The number of thioether (sulfide) groups is 1. The van der Waals surface area contributed by atoms with Gasteiger partial charge in [0.15, 0.2) is 0 Å². The first-order valence-electron chi connectivity index (χ1n) is 9.10. The summed E-state index contributed by atoms with van der Waals surface area (Å²) in [5, 5.41) is 3.61. The van der Waals surface area contributed by atoms with Gasteiger partial charge in [-0.05, 0) is 54.2 Å². The summed E-state index contributed by atoms with van der Waals surface area (Å²) in [4.78, 5) is 27.7. The summed E-state index contributed by atoms with van der Waals surface area (Å²) in [5.74, 6) is 0.357. The zero-order valence-electron chi connectivity index (χ0n) is 15.6. The second-order valence-corrected chi connectivity index (χ2v) is 8.54. The van der Waals surface area contributed by atoms with Crippen molar-refractivity contribution in [2.45, 2.75) is 25.4 Å². The molecule has 0 spiro atoms. The fraction of sp³-hybridized carbons (Fsp3) is 0.333. The Morgan fingerprint density at radius 1 is 1.18 bits per heavy atom. The molecule has 0 aliphatic carbocycles. The van der Waals surface area contributed by atoms with E-state index in [-0.39, 0.29) is 16.8 Å². The zero-order valence-corrected chi connectivity index (χ0v) is 17.9. The Balaban J connectivity index is 1.74. The highest BCUT2D eigenvalue weighted by atomic mass is 35.5. The van der Waals surface area contributed by atoms with Crippen molar-refractivity contribution in [1.82, 2.24) is 10.2 Å². The van der Waals surface area contributed by atoms with E-state index in [1.54, 1.807) is 23.9 Å². The lowest BCUT2D eigenvalue weighted by Crippen LogP contribution is -2.50. The third-order valence-electron chi connectivity index (χ3n) is 4.83. The largest absolute Gasteiger partial charge is 0.340 e. The molecule has 7 heteroatoms. The van der Waals surface area contributed by atoms with Crippen molar-refractivity contribution < 1.29 is 9.59 Å². The van der Waals surface area contributed by atoms with E-state index < -0.39 is 6.04 Å². The van der Waals surface area contributed by atoms with Crippen LogP contribution in [-0.2, 0) is 17.8 Å². The number of benzene rings is 2. The van der Waals surface area contributed by atoms with Gasteiger partial charge in [-0.1, -0.05) is 47.5 Å². The Morgan fingerprint density at radius 3 is 2.64 bits per heavy atom. The molecule has 0 saturated heterocycles. The van der Waals surface area contributed by atoms with Gasteiger partial charge in [-0.3, -0.25) is 9.59 Å². The number of hydrogen-bond acceptors (Lipinski definition) is 3. The third-order valence-corrected chi connectivity index (χ3v) is 6.02. The summed E-state index contributed by atoms with van der Waals surface area (Å²) in [6, 6.07) is 12.3. The van der Waals surface area contributed by atoms with Crippen LogP contribution in [0, 0.1) is 0 Å². The average Bonchev–Trinajstić information content (AvgIpc) is 2.70. The molecule has 2 aromatic carbocycles. The molecule has 2 aromatic rings. The van der Waals surface area contributed by atoms with Crippen molar-refractivity contribution in [3.05, 3.63) is 69.2 Å². The van der Waals surface area contributed by atoms with Crippen LogP contribution in [0.1, 0.15) is 27.9 Å². The van der Waals surface area contributed by atoms with E-state index in [1.807, 2.05) is 23.3 Å². The second kappa shape index (κ2) is 9.68. The normalized spacial score (nSPS) is 14.3. The van der Waals surface area contributed by atoms with E-state index in [9.17, 15) is 9.59 Å². The van der Waals surface area contributed by atoms with Crippen LogP contribution in [0.25, 0.3) is 0 Å². The molecule has 0 radical (unpaired) electrons. The third kappa shape index (κ3) is 5.02. The first-order valence-corrected chi connectivity index (χ1v) is 11.2. The van der Waals surface area contributed by atoms with E-state index >= 15 is 0 Å². The number of carbonyl (C=O) groups is 2. The minimum atomic E-state index is -0.586. The Kier molecular flexibility index (Phi) is 7.27. The number of fused-ring (bicyclic) bond motifs is 1. The first-order chi connectivity index (χ1) is 13.5. The molecule has 0 aromatic heterocycles. The molecule has 1 heterocycles. The summed E-state index contributed by atoms with van der Waals surface area (Å²) < 4.78 is 0. The molecule has 0 fully saturated rings. The molecule has 1 N–H and O–H groups in total. The fourth-order valence-corrected chi connectivity index (χ4v) is 4.27. The maximum Gasteiger partial charge on any atom is 0.253 e. The lowest BCUT2D eigenvalue weighted by atomic mass is 9.99. The van der Waals surface area contributed by atoms with Crippen LogP contribution in [0.3, 0.4) is 0 Å². The minimum Gasteiger partial charge on any atom is -0.340 e. The molecular weight excluding hydrogens is 415 g/mol. The molecule has 4 nitrogen and oxygen atoms in total. The molecule has 1 aliphatic heterocycles. The van der Waals surface area contributed by atoms with Crippen LogP contribution >= 0.6 is 35.0 Å². The summed E-state index contributed by atoms with van der Waals surface area (Å²) >= 11 is 13.7. The molecule has 3 rings (SSSR count). The van der Waals surface area contributed by atoms with E-state index in [4.69, 9.17) is 23.2 Å². The lowest BCUT2D eigenvalue weighted by Gasteiger charge is -2.32. The highest BCUT2D eigenvalue weighted by molar-refractivity contribution is 7.98. The van der Waals surface area contributed by atoms with Gasteiger partial charge < -0.3 is 10.2 Å². The average molecular weight is 437 g/mol. The van der Waals surface area contributed by atoms with Crippen molar-refractivity contribution in [2.75, 3.05) is 18.6 Å². The number of amides is 2. The quantitative estimate of drug-likeness (QED) is 0.728. The summed E-state index contributed by atoms with van der Waals surface area (Å²) in [6.07, 6.45) is 3.37. The molecule has 28 heavy (non-hydrogen) atoms. The molecular formula is C21H22Cl2N2O2S. The zero-order chi connectivity index (χ0) is 20.1. The Labute approximate surface area is 179 Å². The predicted molar refractivity (Wildman–Crippen MR) is 116 cm³/mol. The van der Waals surface area contributed by atoms with Crippen LogP contribution in [0.2, 0.25) is 10.0 Å². The van der Waals surface area contributed by atoms with Crippen molar-refractivity contribution in [1.29, 1.82) is 0 Å². The minimum absolute atomic E-state index is 0.0537. The fourth-order valence-electron chi connectivity index (χ4n) is 3.31. The molecule has 2 amide bonds. The summed E-state index contributed by atoms with van der Waals surface area (Å²) in [5.41, 5.74) is 2.76. The van der Waals surface area contributed by atoms with E-state index in [2.05, 4.69) is 17.4 Å². The molecule has 0 saturated carbocycles. The number of halogens is 2. The van der Waals surface area contributed by atoms with Gasteiger partial charge in [0.2, 0.25) is 5.91 Å². The number of nitrogens with zero attached hydrogens (tertiary/aromatic N) is 1. The highest BCUT2D eigenvalue weighted by Crippen LogP contribution is 2.22. The van der Waals surface area contributed by atoms with E-state index in [1.165, 1.54) is 11.6 Å². The van der Waals surface area contributed by atoms with Gasteiger partial charge >= 0.3 is 0 Å². The number of carbonyl (C=O) groups excluding carboxylic acids is 2. The van der Waals surface area contributed by atoms with Gasteiger partial charge in [-0.2, -0.15) is 11.8 Å². The summed E-state index contributed by atoms with van der Waals surface area (Å²) in [7, 11) is 0. The topological polar surface area (TPSA) is 49.4 Å². The maximum atomic E-state index is 13.2. The predicted octanol–water partition coefficient (Wildman–Crippen LogP) is 4.43. The van der Waals surface area contributed by atoms with Crippen LogP contribution in [0.15, 0.2) is 42.5 Å². The van der Waals surface area contributed by atoms with Crippen LogP contribution in [-0.4, -0.2) is 41.3 Å². The maximum absolute atomic E-state index is 13.2. The monoisotopic (exact) mass is 436 g/mol. The molecule has 0 unspecified atom stereocenters. The van der Waals surface area contributed by atoms with E-state index in [0.29, 0.717) is 30.1 Å². The number of nitrogens with one attached hydrogen (secondary N) is 1. The Bertz CT molecular complexity index is 875. The van der Waals surface area contributed by atoms with Gasteiger partial charge in [-0.25, -0.2) is 0 Å². The van der Waals surface area contributed by atoms with Gasteiger partial charge in [0, 0.05) is 18.1 Å². The highest BCUT2D eigenvalue weighted by Gasteiger charge is 2.28. The molecule has 0 bridgehead atoms. The van der Waals surface area contributed by atoms with Gasteiger partial charge in [0.25, 0.3) is 5.91 Å². The van der Waals surface area contributed by atoms with Crippen molar-refractivity contribution in [2.24, 2.45) is 0 Å². The Morgan fingerprint density at radius 2 is 1.93 bits per heavy atom. The van der Waals surface area contributed by atoms with Gasteiger partial charge in [-0.15, -0.1) is 0 Å². The van der Waals surface area contributed by atoms with Crippen LogP contribution in [0.5, 0.6) is 0 Å². The molecule has 1 aliphatic rings. The molecule has 148 valence electrons. The van der Waals surface area contributed by atoms with Gasteiger partial charge in [0.05, 0.1) is 10.6 Å². The number of rotatable bonds is 6.